The van der Waals surface area contributed by atoms with E-state index in [1.54, 1.807) is 0 Å². The summed E-state index contributed by atoms with van der Waals surface area (Å²) in [7, 11) is 0. The summed E-state index contributed by atoms with van der Waals surface area (Å²) in [5.41, 5.74) is 2.56. The van der Waals surface area contributed by atoms with Crippen LogP contribution in [-0.4, -0.2) is 11.2 Å². The van der Waals surface area contributed by atoms with E-state index in [4.69, 9.17) is 0 Å². The predicted molar refractivity (Wildman–Crippen MR) is 58.9 cm³/mol. The van der Waals surface area contributed by atoms with Crippen LogP contribution in [-0.2, 0) is 0 Å². The summed E-state index contributed by atoms with van der Waals surface area (Å²) in [6, 6.07) is 10.4. The lowest BCUT2D eigenvalue weighted by atomic mass is 10.0. The van der Waals surface area contributed by atoms with Crippen molar-refractivity contribution in [2.24, 2.45) is 0 Å². The minimum Gasteiger partial charge on any atom is -0.389 e. The molecule has 14 heavy (non-hydrogen) atoms. The SMILES string of the molecule is O[C@H]1C=C(c2ccccc2)CCCC1. The maximum absolute atomic E-state index is 9.64. The van der Waals surface area contributed by atoms with E-state index in [0.29, 0.717) is 0 Å². The van der Waals surface area contributed by atoms with E-state index in [-0.39, 0.29) is 6.10 Å². The Morgan fingerprint density at radius 2 is 1.86 bits per heavy atom. The third kappa shape index (κ3) is 2.24. The van der Waals surface area contributed by atoms with Gasteiger partial charge in [-0.3, -0.25) is 0 Å². The highest BCUT2D eigenvalue weighted by atomic mass is 16.3. The van der Waals surface area contributed by atoms with Crippen LogP contribution in [0.3, 0.4) is 0 Å². The van der Waals surface area contributed by atoms with Crippen LogP contribution in [0.2, 0.25) is 0 Å². The summed E-state index contributed by atoms with van der Waals surface area (Å²) in [4.78, 5) is 0. The maximum atomic E-state index is 9.64. The van der Waals surface area contributed by atoms with E-state index in [2.05, 4.69) is 12.1 Å². The van der Waals surface area contributed by atoms with Crippen LogP contribution in [0.5, 0.6) is 0 Å². The van der Waals surface area contributed by atoms with Gasteiger partial charge in [0.25, 0.3) is 0 Å². The van der Waals surface area contributed by atoms with Gasteiger partial charge in [0.1, 0.15) is 0 Å². The highest BCUT2D eigenvalue weighted by Crippen LogP contribution is 2.25. The lowest BCUT2D eigenvalue weighted by Gasteiger charge is -2.05. The molecule has 0 aliphatic heterocycles. The van der Waals surface area contributed by atoms with Crippen LogP contribution in [0.15, 0.2) is 36.4 Å². The Morgan fingerprint density at radius 1 is 1.07 bits per heavy atom. The molecular weight excluding hydrogens is 172 g/mol. The average Bonchev–Trinajstić information content (AvgIpc) is 2.44. The quantitative estimate of drug-likeness (QED) is 0.718. The first-order valence-corrected chi connectivity index (χ1v) is 5.30. The first-order chi connectivity index (χ1) is 6.86. The van der Waals surface area contributed by atoms with E-state index in [1.165, 1.54) is 17.6 Å². The Labute approximate surface area is 85.1 Å². The van der Waals surface area contributed by atoms with E-state index in [9.17, 15) is 5.11 Å². The fraction of sp³-hybridized carbons (Fsp3) is 0.385. The molecule has 2 rings (SSSR count). The van der Waals surface area contributed by atoms with Crippen molar-refractivity contribution in [1.29, 1.82) is 0 Å². The molecule has 0 spiro atoms. The highest BCUT2D eigenvalue weighted by molar-refractivity contribution is 5.66. The Balaban J connectivity index is 2.24. The molecule has 1 aliphatic carbocycles. The fourth-order valence-corrected chi connectivity index (χ4v) is 1.96. The van der Waals surface area contributed by atoms with Crippen LogP contribution in [0, 0.1) is 0 Å². The molecule has 0 saturated carbocycles. The van der Waals surface area contributed by atoms with Gasteiger partial charge in [0.2, 0.25) is 0 Å². The summed E-state index contributed by atoms with van der Waals surface area (Å²) in [5.74, 6) is 0. The van der Waals surface area contributed by atoms with Gasteiger partial charge in [-0.1, -0.05) is 42.8 Å². The van der Waals surface area contributed by atoms with Gasteiger partial charge < -0.3 is 5.11 Å². The minimum atomic E-state index is -0.243. The van der Waals surface area contributed by atoms with Crippen molar-refractivity contribution >= 4 is 5.57 Å². The number of benzene rings is 1. The fourth-order valence-electron chi connectivity index (χ4n) is 1.96. The van der Waals surface area contributed by atoms with Crippen LogP contribution in [0.4, 0.5) is 0 Å². The van der Waals surface area contributed by atoms with Crippen molar-refractivity contribution in [1.82, 2.24) is 0 Å². The second kappa shape index (κ2) is 4.43. The second-order valence-corrected chi connectivity index (χ2v) is 3.87. The van der Waals surface area contributed by atoms with Gasteiger partial charge in [-0.2, -0.15) is 0 Å². The molecule has 0 amide bonds. The zero-order chi connectivity index (χ0) is 9.80. The number of hydrogen-bond donors (Lipinski definition) is 1. The molecule has 0 heterocycles. The molecule has 0 fully saturated rings. The highest BCUT2D eigenvalue weighted by Gasteiger charge is 2.09. The number of aliphatic hydroxyl groups excluding tert-OH is 1. The largest absolute Gasteiger partial charge is 0.389 e. The molecular formula is C13H16O. The van der Waals surface area contributed by atoms with Crippen molar-refractivity contribution < 1.29 is 5.11 Å². The number of hydrogen-bond acceptors (Lipinski definition) is 1. The number of rotatable bonds is 1. The van der Waals surface area contributed by atoms with Gasteiger partial charge in [-0.05, 0) is 30.4 Å². The van der Waals surface area contributed by atoms with Crippen LogP contribution >= 0.6 is 0 Å². The lowest BCUT2D eigenvalue weighted by Crippen LogP contribution is -1.99. The van der Waals surface area contributed by atoms with E-state index in [0.717, 1.165) is 19.3 Å². The van der Waals surface area contributed by atoms with Crippen LogP contribution in [0.25, 0.3) is 5.57 Å². The summed E-state index contributed by atoms with van der Waals surface area (Å²) in [5, 5.41) is 9.64. The normalized spacial score (nSPS) is 22.6. The smallest absolute Gasteiger partial charge is 0.0726 e. The van der Waals surface area contributed by atoms with Gasteiger partial charge >= 0.3 is 0 Å². The van der Waals surface area contributed by atoms with Gasteiger partial charge in [0, 0.05) is 0 Å². The molecule has 1 aromatic rings. The first kappa shape index (κ1) is 9.47. The molecule has 1 aliphatic rings. The molecule has 0 bridgehead atoms. The van der Waals surface area contributed by atoms with E-state index in [1.807, 2.05) is 24.3 Å². The molecule has 74 valence electrons. The minimum absolute atomic E-state index is 0.243. The summed E-state index contributed by atoms with van der Waals surface area (Å²) < 4.78 is 0. The van der Waals surface area contributed by atoms with Crippen molar-refractivity contribution in [2.45, 2.75) is 31.8 Å². The number of aliphatic hydroxyl groups is 1. The van der Waals surface area contributed by atoms with E-state index >= 15 is 0 Å². The summed E-state index contributed by atoms with van der Waals surface area (Å²) in [6.45, 7) is 0. The third-order valence-corrected chi connectivity index (χ3v) is 2.73. The zero-order valence-corrected chi connectivity index (χ0v) is 8.32. The third-order valence-electron chi connectivity index (χ3n) is 2.73. The molecule has 0 radical (unpaired) electrons. The molecule has 0 unspecified atom stereocenters. The van der Waals surface area contributed by atoms with Crippen LogP contribution < -0.4 is 0 Å². The zero-order valence-electron chi connectivity index (χ0n) is 8.32. The van der Waals surface area contributed by atoms with Gasteiger partial charge in [-0.15, -0.1) is 0 Å². The van der Waals surface area contributed by atoms with Crippen molar-refractivity contribution in [2.75, 3.05) is 0 Å². The van der Waals surface area contributed by atoms with Gasteiger partial charge in [0.15, 0.2) is 0 Å². The van der Waals surface area contributed by atoms with Gasteiger partial charge in [0.05, 0.1) is 6.10 Å². The average molecular weight is 188 g/mol. The van der Waals surface area contributed by atoms with Crippen molar-refractivity contribution in [3.63, 3.8) is 0 Å². The van der Waals surface area contributed by atoms with Crippen LogP contribution in [0.1, 0.15) is 31.2 Å². The Hall–Kier alpha value is -1.08. The Bertz CT molecular complexity index is 313. The van der Waals surface area contributed by atoms with Crippen molar-refractivity contribution in [3.8, 4) is 0 Å². The van der Waals surface area contributed by atoms with Crippen molar-refractivity contribution in [3.05, 3.63) is 42.0 Å². The summed E-state index contributed by atoms with van der Waals surface area (Å²) in [6.07, 6.45) is 6.11. The topological polar surface area (TPSA) is 20.2 Å². The molecule has 1 atom stereocenters. The number of allylic oxidation sites excluding steroid dienone is 1. The standard InChI is InChI=1S/C13H16O/c14-13-9-5-4-8-12(10-13)11-6-2-1-3-7-11/h1-3,6-7,10,13-14H,4-5,8-9H2/t13-/m1/s1. The molecule has 1 N–H and O–H groups in total. The van der Waals surface area contributed by atoms with Gasteiger partial charge in [-0.25, -0.2) is 0 Å². The van der Waals surface area contributed by atoms with E-state index < -0.39 is 0 Å². The molecule has 0 aromatic heterocycles. The Morgan fingerprint density at radius 3 is 2.64 bits per heavy atom. The molecule has 0 saturated heterocycles. The maximum Gasteiger partial charge on any atom is 0.0726 e. The predicted octanol–water partition coefficient (Wildman–Crippen LogP) is 3.00. The summed E-state index contributed by atoms with van der Waals surface area (Å²) >= 11 is 0. The second-order valence-electron chi connectivity index (χ2n) is 3.87. The molecule has 1 nitrogen and oxygen atoms in total. The molecule has 1 aromatic carbocycles. The first-order valence-electron chi connectivity index (χ1n) is 5.30. The monoisotopic (exact) mass is 188 g/mol. The molecule has 1 heteroatoms. The Kier molecular flexibility index (Phi) is 3.00. The lowest BCUT2D eigenvalue weighted by molar-refractivity contribution is 0.211.